The third kappa shape index (κ3) is 140. The van der Waals surface area contributed by atoms with Gasteiger partial charge in [-0.3, -0.25) is 11.4 Å². The fourth-order valence-electron chi connectivity index (χ4n) is 5.24. The summed E-state index contributed by atoms with van der Waals surface area (Å²) in [4.78, 5) is 12.3. The van der Waals surface area contributed by atoms with Crippen LogP contribution in [0.25, 0.3) is 0 Å². The predicted molar refractivity (Wildman–Crippen MR) is 277 cm³/mol. The molecule has 364 valence electrons. The van der Waals surface area contributed by atoms with E-state index < -0.39 is 0 Å². The van der Waals surface area contributed by atoms with Crippen molar-refractivity contribution in [2.75, 3.05) is 6.61 Å². The molecule has 0 N–H and O–H groups in total. The number of esters is 1. The first-order chi connectivity index (χ1) is 28.2. The van der Waals surface area contributed by atoms with Gasteiger partial charge in [-0.05, 0) is 25.2 Å². The Bertz CT molecular complexity index is 516. The van der Waals surface area contributed by atoms with Crippen LogP contribution < -0.4 is 0 Å². The molecule has 59 heavy (non-hydrogen) atoms. The van der Waals surface area contributed by atoms with Crippen LogP contribution in [0.15, 0.2) is 6.58 Å². The van der Waals surface area contributed by atoms with Crippen LogP contribution in [0.5, 0.6) is 0 Å². The Morgan fingerprint density at radius 3 is 0.949 bits per heavy atom. The van der Waals surface area contributed by atoms with Gasteiger partial charge in [0.25, 0.3) is 0 Å². The van der Waals surface area contributed by atoms with Gasteiger partial charge in [-0.1, -0.05) is 291 Å². The van der Waals surface area contributed by atoms with E-state index in [1.165, 1.54) is 193 Å². The van der Waals surface area contributed by atoms with Gasteiger partial charge >= 0.3 is 37.1 Å². The van der Waals surface area contributed by atoms with Crippen molar-refractivity contribution < 1.29 is 40.6 Å². The first-order valence-corrected chi connectivity index (χ1v) is 26.6. The predicted octanol–water partition coefficient (Wildman–Crippen LogP) is 22.1. The molecule has 0 aliphatic heterocycles. The second-order valence-electron chi connectivity index (χ2n) is 15.2. The summed E-state index contributed by atoms with van der Waals surface area (Å²) in [6.45, 7) is 43.7. The van der Waals surface area contributed by atoms with Crippen molar-refractivity contribution in [1.29, 1.82) is 0 Å². The van der Waals surface area contributed by atoms with E-state index >= 15 is 0 Å². The number of ether oxygens (including phenoxy) is 1. The average Bonchev–Trinajstić information content (AvgIpc) is 3.23. The topological polar surface area (TPSA) is 26.3 Å². The van der Waals surface area contributed by atoms with Gasteiger partial charge in [0.1, 0.15) is 0 Å². The SMILES string of the molecule is C=[C-]C.CC.CC.CCC.CCC.CCCCC.CCCCCC.CCCCCCCCOC(=O)CC(CCCCCCC)CCCCCCCC.[CH2-]CCCCC.[U+2]. The Morgan fingerprint density at radius 1 is 0.458 bits per heavy atom. The summed E-state index contributed by atoms with van der Waals surface area (Å²) in [6, 6.07) is 0. The Hall–Kier alpha value is 0.262. The van der Waals surface area contributed by atoms with Crippen LogP contribution in [-0.2, 0) is 9.53 Å². The molecule has 0 amide bonds. The van der Waals surface area contributed by atoms with Crippen molar-refractivity contribution in [3.8, 4) is 0 Å². The quantitative estimate of drug-likeness (QED) is 0.0407. The molecular weight excluding hydrogens is 943 g/mol. The number of hydrogen-bond donors (Lipinski definition) is 0. The Balaban J connectivity index is -0.0000000782. The summed E-state index contributed by atoms with van der Waals surface area (Å²) in [5.74, 6) is 0.600. The van der Waals surface area contributed by atoms with Crippen molar-refractivity contribution in [3.63, 3.8) is 0 Å². The van der Waals surface area contributed by atoms with Gasteiger partial charge in [-0.2, -0.15) is 13.3 Å². The standard InChI is InChI=1S/C26H52O2.C6H14.C6H13.C5H12.2C3H8.C3H5.2C2H6.U/c1-4-7-10-13-16-19-22-25(21-18-15-12-9-6-3)24-26(27)28-23-20-17-14-11-8-5-2;2*1-3-5-6-4-2;1-3-5-4-2;3*1-3-2;2*1-2;/h25H,4-24H2,1-3H3;3-6H2,1-2H3;1,3-6H2,2H3;3-5H2,1-2H3;2*3H2,1-2H3;1H2,2H3;2*1-2H3;/q;;-1;;;;-1;;;+2. The molecule has 0 rings (SSSR count). The first kappa shape index (κ1) is 82.9. The number of hydrogen-bond acceptors (Lipinski definition) is 2. The number of carbonyl (C=O) groups is 1. The van der Waals surface area contributed by atoms with Crippen LogP contribution >= 0.6 is 0 Å². The largest absolute Gasteiger partial charge is 2.00 e. The van der Waals surface area contributed by atoms with Gasteiger partial charge in [0, 0.05) is 6.42 Å². The zero-order valence-corrected chi connectivity index (χ0v) is 49.5. The third-order valence-corrected chi connectivity index (χ3v) is 8.42. The molecule has 0 heterocycles. The van der Waals surface area contributed by atoms with Crippen molar-refractivity contribution in [1.82, 2.24) is 0 Å². The molecule has 3 heteroatoms. The van der Waals surface area contributed by atoms with E-state index in [1.807, 2.05) is 27.7 Å². The van der Waals surface area contributed by atoms with Crippen molar-refractivity contribution in [3.05, 3.63) is 19.6 Å². The molecule has 0 aromatic carbocycles. The van der Waals surface area contributed by atoms with Crippen LogP contribution in [0.4, 0.5) is 0 Å². The first-order valence-electron chi connectivity index (χ1n) is 26.6. The molecule has 0 spiro atoms. The summed E-state index contributed by atoms with van der Waals surface area (Å²) in [5.41, 5.74) is 0. The van der Waals surface area contributed by atoms with Crippen LogP contribution in [0.1, 0.15) is 330 Å². The van der Waals surface area contributed by atoms with Crippen molar-refractivity contribution in [2.24, 2.45) is 5.92 Å². The van der Waals surface area contributed by atoms with E-state index in [0.717, 1.165) is 12.8 Å². The van der Waals surface area contributed by atoms with Crippen molar-refractivity contribution >= 4 is 5.97 Å². The van der Waals surface area contributed by atoms with Crippen LogP contribution in [-0.4, -0.2) is 12.6 Å². The van der Waals surface area contributed by atoms with Crippen molar-refractivity contribution in [2.45, 2.75) is 330 Å². The molecule has 0 aliphatic rings. The minimum Gasteiger partial charge on any atom is -0.507 e. The fraction of sp³-hybridized carbons (Fsp3) is 0.929. The molecule has 2 nitrogen and oxygen atoms in total. The summed E-state index contributed by atoms with van der Waals surface area (Å²) >= 11 is 0. The minimum atomic E-state index is 0. The molecule has 0 bridgehead atoms. The zero-order valence-electron chi connectivity index (χ0n) is 45.3. The monoisotopic (exact) mass is 1070 g/mol. The summed E-state index contributed by atoms with van der Waals surface area (Å²) in [6.07, 6.45) is 44.9. The van der Waals surface area contributed by atoms with E-state index in [9.17, 15) is 4.79 Å². The minimum absolute atomic E-state index is 0. The smallest absolute Gasteiger partial charge is 0.507 e. The molecule has 0 aliphatic carbocycles. The Kier molecular flexibility index (Phi) is 150. The van der Waals surface area contributed by atoms with Gasteiger partial charge in [0.05, 0.1) is 6.61 Å². The number of unbranched alkanes of at least 4 members (excludes halogenated alkanes) is 22. The van der Waals surface area contributed by atoms with Crippen LogP contribution in [0.3, 0.4) is 0 Å². The van der Waals surface area contributed by atoms with Gasteiger partial charge in [-0.25, -0.2) is 0 Å². The molecule has 0 saturated heterocycles. The molecule has 1 unspecified atom stereocenters. The van der Waals surface area contributed by atoms with E-state index in [0.29, 0.717) is 18.9 Å². The van der Waals surface area contributed by atoms with Gasteiger partial charge in [-0.15, -0.1) is 0 Å². The number of carbonyl (C=O) groups excluding carboxylic acids is 1. The maximum absolute atomic E-state index is 12.3. The van der Waals surface area contributed by atoms with Crippen LogP contribution in [0, 0.1) is 50.0 Å². The Labute approximate surface area is 405 Å². The molecule has 0 radical (unpaired) electrons. The van der Waals surface area contributed by atoms with Crippen LogP contribution in [0.2, 0.25) is 0 Å². The molecule has 0 fully saturated rings. The van der Waals surface area contributed by atoms with Gasteiger partial charge in [0.15, 0.2) is 0 Å². The normalized spacial score (nSPS) is 9.39. The average molecular weight is 1070 g/mol. The molecule has 0 aromatic rings. The molecule has 0 saturated carbocycles. The molecule has 0 aromatic heterocycles. The Morgan fingerprint density at radius 2 is 0.695 bits per heavy atom. The number of allylic oxidation sites excluding steroid dienone is 1. The fourth-order valence-corrected chi connectivity index (χ4v) is 5.24. The summed E-state index contributed by atoms with van der Waals surface area (Å²) < 4.78 is 5.54. The van der Waals surface area contributed by atoms with Gasteiger partial charge in [0.2, 0.25) is 0 Å². The molecular formula is C56H124O2U. The van der Waals surface area contributed by atoms with E-state index in [2.05, 4.69) is 103 Å². The van der Waals surface area contributed by atoms with E-state index in [1.54, 1.807) is 6.92 Å². The summed E-state index contributed by atoms with van der Waals surface area (Å²) in [5, 5.41) is 0. The zero-order chi connectivity index (χ0) is 46.6. The van der Waals surface area contributed by atoms with E-state index in [-0.39, 0.29) is 37.1 Å². The summed E-state index contributed by atoms with van der Waals surface area (Å²) in [7, 11) is 0. The second-order valence-corrected chi connectivity index (χ2v) is 15.2. The third-order valence-electron chi connectivity index (χ3n) is 8.42. The molecule has 1 atom stereocenters. The maximum atomic E-state index is 12.3. The second kappa shape index (κ2) is 107. The number of rotatable bonds is 30. The van der Waals surface area contributed by atoms with Gasteiger partial charge < -0.3 is 17.7 Å². The maximum Gasteiger partial charge on any atom is 2.00 e. The van der Waals surface area contributed by atoms with E-state index in [4.69, 9.17) is 4.74 Å².